The summed E-state index contributed by atoms with van der Waals surface area (Å²) >= 11 is 6.04. The number of hydrogen-bond acceptors (Lipinski definition) is 2. The van der Waals surface area contributed by atoms with E-state index in [1.165, 1.54) is 5.56 Å². The van der Waals surface area contributed by atoms with Crippen molar-refractivity contribution in [3.8, 4) is 5.75 Å². The van der Waals surface area contributed by atoms with E-state index in [4.69, 9.17) is 21.1 Å². The summed E-state index contributed by atoms with van der Waals surface area (Å²) in [5.41, 5.74) is 1.19. The molecule has 1 aromatic rings. The second kappa shape index (κ2) is 7.01. The maximum Gasteiger partial charge on any atom is 0.119 e. The molecule has 0 amide bonds. The van der Waals surface area contributed by atoms with Crippen molar-refractivity contribution in [2.24, 2.45) is 5.92 Å². The van der Waals surface area contributed by atoms with Gasteiger partial charge in [0.25, 0.3) is 0 Å². The lowest BCUT2D eigenvalue weighted by molar-refractivity contribution is -0.0209. The lowest BCUT2D eigenvalue weighted by atomic mass is 9.91. The summed E-state index contributed by atoms with van der Waals surface area (Å²) in [5, 5.41) is 0. The lowest BCUT2D eigenvalue weighted by Gasteiger charge is -2.31. The van der Waals surface area contributed by atoms with Gasteiger partial charge in [-0.05, 0) is 37.0 Å². The van der Waals surface area contributed by atoms with Crippen LogP contribution in [0.4, 0.5) is 0 Å². The van der Waals surface area contributed by atoms with Crippen LogP contribution in [0.2, 0.25) is 0 Å². The third-order valence-electron chi connectivity index (χ3n) is 3.30. The average molecular weight is 269 g/mol. The van der Waals surface area contributed by atoms with E-state index in [1.54, 1.807) is 0 Å². The zero-order chi connectivity index (χ0) is 12.8. The van der Waals surface area contributed by atoms with E-state index in [0.29, 0.717) is 11.8 Å². The van der Waals surface area contributed by atoms with Gasteiger partial charge in [-0.15, -0.1) is 11.6 Å². The Morgan fingerprint density at radius 2 is 2.33 bits per heavy atom. The van der Waals surface area contributed by atoms with Gasteiger partial charge in [0.15, 0.2) is 0 Å². The molecule has 2 rings (SSSR count). The summed E-state index contributed by atoms with van der Waals surface area (Å²) in [4.78, 5) is 0. The van der Waals surface area contributed by atoms with Crippen LogP contribution in [-0.2, 0) is 4.74 Å². The van der Waals surface area contributed by atoms with Gasteiger partial charge >= 0.3 is 0 Å². The third kappa shape index (κ3) is 3.39. The summed E-state index contributed by atoms with van der Waals surface area (Å²) in [6, 6.07) is 8.22. The highest BCUT2D eigenvalue weighted by atomic mass is 35.5. The fourth-order valence-corrected chi connectivity index (χ4v) is 2.69. The number of halogens is 1. The largest absolute Gasteiger partial charge is 0.494 e. The van der Waals surface area contributed by atoms with E-state index >= 15 is 0 Å². The minimum Gasteiger partial charge on any atom is -0.494 e. The van der Waals surface area contributed by atoms with Crippen molar-refractivity contribution in [2.45, 2.75) is 32.3 Å². The fourth-order valence-electron chi connectivity index (χ4n) is 2.37. The number of rotatable bonds is 5. The van der Waals surface area contributed by atoms with E-state index in [-0.39, 0.29) is 6.10 Å². The molecule has 0 N–H and O–H groups in total. The van der Waals surface area contributed by atoms with Gasteiger partial charge in [0.05, 0.1) is 12.7 Å². The number of benzene rings is 1. The number of ether oxygens (including phenoxy) is 2. The molecule has 1 aliphatic heterocycles. The minimum atomic E-state index is 0.126. The molecule has 0 spiro atoms. The lowest BCUT2D eigenvalue weighted by Crippen LogP contribution is -2.23. The second-order valence-corrected chi connectivity index (χ2v) is 5.08. The van der Waals surface area contributed by atoms with Crippen LogP contribution in [0, 0.1) is 5.92 Å². The fraction of sp³-hybridized carbons (Fsp3) is 0.600. The Labute approximate surface area is 114 Å². The third-order valence-corrected chi connectivity index (χ3v) is 3.70. The molecule has 100 valence electrons. The maximum atomic E-state index is 6.04. The molecule has 0 saturated carbocycles. The van der Waals surface area contributed by atoms with Gasteiger partial charge in [-0.1, -0.05) is 19.1 Å². The predicted molar refractivity (Wildman–Crippen MR) is 74.4 cm³/mol. The van der Waals surface area contributed by atoms with Crippen LogP contribution in [0.15, 0.2) is 24.3 Å². The number of hydrogen-bond donors (Lipinski definition) is 0. The molecule has 2 atom stereocenters. The smallest absolute Gasteiger partial charge is 0.119 e. The summed E-state index contributed by atoms with van der Waals surface area (Å²) in [7, 11) is 0. The van der Waals surface area contributed by atoms with Crippen LogP contribution >= 0.6 is 11.6 Å². The van der Waals surface area contributed by atoms with Crippen molar-refractivity contribution in [1.82, 2.24) is 0 Å². The SMILES string of the molecule is CCCOc1cccc(C2OCCCC2CCl)c1. The van der Waals surface area contributed by atoms with Gasteiger partial charge in [-0.25, -0.2) is 0 Å². The Balaban J connectivity index is 2.10. The van der Waals surface area contributed by atoms with Crippen molar-refractivity contribution in [3.05, 3.63) is 29.8 Å². The molecule has 2 unspecified atom stereocenters. The first-order valence-electron chi connectivity index (χ1n) is 6.75. The Bertz CT molecular complexity index is 367. The van der Waals surface area contributed by atoms with Crippen LogP contribution in [0.1, 0.15) is 37.9 Å². The van der Waals surface area contributed by atoms with Gasteiger partial charge in [-0.3, -0.25) is 0 Å². The highest BCUT2D eigenvalue weighted by Crippen LogP contribution is 2.35. The van der Waals surface area contributed by atoms with Crippen LogP contribution in [-0.4, -0.2) is 19.1 Å². The van der Waals surface area contributed by atoms with E-state index in [2.05, 4.69) is 19.1 Å². The van der Waals surface area contributed by atoms with Crippen LogP contribution in [0.5, 0.6) is 5.75 Å². The highest BCUT2D eigenvalue weighted by molar-refractivity contribution is 6.18. The standard InChI is InChI=1S/C15H21ClO2/c1-2-8-17-14-7-3-5-12(10-14)15-13(11-16)6-4-9-18-15/h3,5,7,10,13,15H,2,4,6,8-9,11H2,1H3. The van der Waals surface area contributed by atoms with Crippen molar-refractivity contribution in [2.75, 3.05) is 19.1 Å². The Kier molecular flexibility index (Phi) is 5.33. The zero-order valence-corrected chi connectivity index (χ0v) is 11.7. The molecule has 18 heavy (non-hydrogen) atoms. The van der Waals surface area contributed by atoms with Crippen LogP contribution in [0.25, 0.3) is 0 Å². The first kappa shape index (κ1) is 13.7. The molecule has 3 heteroatoms. The molecule has 2 nitrogen and oxygen atoms in total. The van der Waals surface area contributed by atoms with E-state index in [9.17, 15) is 0 Å². The quantitative estimate of drug-likeness (QED) is 0.746. The normalized spacial score (nSPS) is 23.9. The Morgan fingerprint density at radius 3 is 3.11 bits per heavy atom. The van der Waals surface area contributed by atoms with Gasteiger partial charge in [0.1, 0.15) is 5.75 Å². The predicted octanol–water partition coefficient (Wildman–Crippen LogP) is 4.18. The van der Waals surface area contributed by atoms with Crippen molar-refractivity contribution in [3.63, 3.8) is 0 Å². The first-order chi connectivity index (χ1) is 8.85. The molecular formula is C15H21ClO2. The van der Waals surface area contributed by atoms with Gasteiger partial charge < -0.3 is 9.47 Å². The number of alkyl halides is 1. The zero-order valence-electron chi connectivity index (χ0n) is 10.9. The molecule has 0 aromatic heterocycles. The van der Waals surface area contributed by atoms with Gasteiger partial charge in [0.2, 0.25) is 0 Å². The van der Waals surface area contributed by atoms with E-state index in [1.807, 2.05) is 12.1 Å². The summed E-state index contributed by atoms with van der Waals surface area (Å²) in [6.07, 6.45) is 3.41. The molecule has 0 bridgehead atoms. The van der Waals surface area contributed by atoms with Crippen molar-refractivity contribution < 1.29 is 9.47 Å². The Morgan fingerprint density at radius 1 is 1.44 bits per heavy atom. The highest BCUT2D eigenvalue weighted by Gasteiger charge is 2.26. The molecule has 1 fully saturated rings. The van der Waals surface area contributed by atoms with Crippen LogP contribution < -0.4 is 4.74 Å². The summed E-state index contributed by atoms with van der Waals surface area (Å²) in [5.74, 6) is 2.00. The van der Waals surface area contributed by atoms with E-state index in [0.717, 1.165) is 38.2 Å². The molecule has 0 radical (unpaired) electrons. The Hall–Kier alpha value is -0.730. The summed E-state index contributed by atoms with van der Waals surface area (Å²) in [6.45, 7) is 3.70. The van der Waals surface area contributed by atoms with E-state index < -0.39 is 0 Å². The average Bonchev–Trinajstić information content (AvgIpc) is 2.45. The maximum absolute atomic E-state index is 6.04. The molecule has 0 aliphatic carbocycles. The minimum absolute atomic E-state index is 0.126. The molecule has 1 aliphatic rings. The molecular weight excluding hydrogens is 248 g/mol. The monoisotopic (exact) mass is 268 g/mol. The summed E-state index contributed by atoms with van der Waals surface area (Å²) < 4.78 is 11.6. The van der Waals surface area contributed by atoms with Gasteiger partial charge in [-0.2, -0.15) is 0 Å². The second-order valence-electron chi connectivity index (χ2n) is 4.77. The molecule has 1 aromatic carbocycles. The van der Waals surface area contributed by atoms with Crippen molar-refractivity contribution in [1.29, 1.82) is 0 Å². The van der Waals surface area contributed by atoms with Crippen molar-refractivity contribution >= 4 is 11.6 Å². The van der Waals surface area contributed by atoms with Crippen LogP contribution in [0.3, 0.4) is 0 Å². The topological polar surface area (TPSA) is 18.5 Å². The molecule has 1 heterocycles. The van der Waals surface area contributed by atoms with Gasteiger partial charge in [0, 0.05) is 18.4 Å². The first-order valence-corrected chi connectivity index (χ1v) is 7.29. The molecule has 1 saturated heterocycles.